The van der Waals surface area contributed by atoms with Crippen molar-refractivity contribution >= 4 is 17.6 Å². The van der Waals surface area contributed by atoms with Crippen molar-refractivity contribution in [1.29, 1.82) is 0 Å². The SMILES string of the molecule is CC(C)COCCOCC(Cl)C(=O)O. The van der Waals surface area contributed by atoms with E-state index in [9.17, 15) is 4.79 Å². The third kappa shape index (κ3) is 8.29. The molecule has 0 aliphatic heterocycles. The van der Waals surface area contributed by atoms with E-state index in [0.717, 1.165) is 0 Å². The lowest BCUT2D eigenvalue weighted by Crippen LogP contribution is -2.21. The van der Waals surface area contributed by atoms with E-state index in [1.807, 2.05) is 0 Å². The van der Waals surface area contributed by atoms with Crippen molar-refractivity contribution in [2.75, 3.05) is 26.4 Å². The molecule has 1 unspecified atom stereocenters. The second kappa shape index (κ2) is 8.03. The minimum Gasteiger partial charge on any atom is -0.480 e. The van der Waals surface area contributed by atoms with E-state index in [4.69, 9.17) is 26.2 Å². The number of carboxylic acid groups (broad SMARTS) is 1. The Labute approximate surface area is 89.1 Å². The fraction of sp³-hybridized carbons (Fsp3) is 0.889. The topological polar surface area (TPSA) is 55.8 Å². The van der Waals surface area contributed by atoms with Crippen LogP contribution >= 0.6 is 11.6 Å². The molecule has 4 nitrogen and oxygen atoms in total. The number of hydrogen-bond donors (Lipinski definition) is 1. The summed E-state index contributed by atoms with van der Waals surface area (Å²) in [5, 5.41) is 7.44. The standard InChI is InChI=1S/C9H17ClO4/c1-7(2)5-13-3-4-14-6-8(10)9(11)12/h7-8H,3-6H2,1-2H3,(H,11,12). The van der Waals surface area contributed by atoms with Crippen LogP contribution in [0.3, 0.4) is 0 Å². The summed E-state index contributed by atoms with van der Waals surface area (Å²) in [7, 11) is 0. The summed E-state index contributed by atoms with van der Waals surface area (Å²) < 4.78 is 10.2. The molecule has 1 N–H and O–H groups in total. The highest BCUT2D eigenvalue weighted by atomic mass is 35.5. The molecule has 1 atom stereocenters. The van der Waals surface area contributed by atoms with Crippen LogP contribution in [0.25, 0.3) is 0 Å². The Balaban J connectivity index is 3.17. The van der Waals surface area contributed by atoms with Crippen molar-refractivity contribution in [1.82, 2.24) is 0 Å². The molecule has 0 rings (SSSR count). The molecule has 0 saturated carbocycles. The summed E-state index contributed by atoms with van der Waals surface area (Å²) >= 11 is 5.41. The largest absolute Gasteiger partial charge is 0.480 e. The minimum atomic E-state index is -1.06. The number of halogens is 1. The van der Waals surface area contributed by atoms with Crippen molar-refractivity contribution in [2.45, 2.75) is 19.2 Å². The molecule has 84 valence electrons. The van der Waals surface area contributed by atoms with Gasteiger partial charge in [0.25, 0.3) is 0 Å². The van der Waals surface area contributed by atoms with Gasteiger partial charge in [-0.1, -0.05) is 13.8 Å². The molecular formula is C9H17ClO4. The third-order valence-electron chi connectivity index (χ3n) is 1.36. The molecule has 0 saturated heterocycles. The van der Waals surface area contributed by atoms with E-state index in [1.54, 1.807) is 0 Å². The molecule has 0 heterocycles. The highest BCUT2D eigenvalue weighted by molar-refractivity contribution is 6.29. The number of aliphatic carboxylic acids is 1. The molecule has 0 aromatic carbocycles. The van der Waals surface area contributed by atoms with Gasteiger partial charge in [-0.3, -0.25) is 4.79 Å². The molecule has 0 aromatic heterocycles. The Bertz CT molecular complexity index is 161. The maximum Gasteiger partial charge on any atom is 0.324 e. The van der Waals surface area contributed by atoms with Crippen LogP contribution in [0.15, 0.2) is 0 Å². The third-order valence-corrected chi connectivity index (χ3v) is 1.67. The van der Waals surface area contributed by atoms with E-state index in [0.29, 0.717) is 25.7 Å². The summed E-state index contributed by atoms with van der Waals surface area (Å²) in [4.78, 5) is 10.3. The van der Waals surface area contributed by atoms with Gasteiger partial charge in [-0.05, 0) is 5.92 Å². The summed E-state index contributed by atoms with van der Waals surface area (Å²) in [6.45, 7) is 5.67. The van der Waals surface area contributed by atoms with Gasteiger partial charge < -0.3 is 14.6 Å². The number of carbonyl (C=O) groups is 1. The van der Waals surface area contributed by atoms with Crippen LogP contribution in [0.4, 0.5) is 0 Å². The number of ether oxygens (including phenoxy) is 2. The first-order valence-corrected chi connectivity index (χ1v) is 5.00. The van der Waals surface area contributed by atoms with Gasteiger partial charge in [0.05, 0.1) is 19.8 Å². The van der Waals surface area contributed by atoms with Crippen molar-refractivity contribution in [3.05, 3.63) is 0 Å². The quantitative estimate of drug-likeness (QED) is 0.500. The predicted molar refractivity (Wildman–Crippen MR) is 53.8 cm³/mol. The smallest absolute Gasteiger partial charge is 0.324 e. The zero-order valence-electron chi connectivity index (χ0n) is 8.53. The van der Waals surface area contributed by atoms with Crippen molar-refractivity contribution in [3.8, 4) is 0 Å². The zero-order valence-corrected chi connectivity index (χ0v) is 9.29. The second-order valence-electron chi connectivity index (χ2n) is 3.35. The van der Waals surface area contributed by atoms with E-state index >= 15 is 0 Å². The fourth-order valence-electron chi connectivity index (χ4n) is 0.695. The second-order valence-corrected chi connectivity index (χ2v) is 3.88. The van der Waals surface area contributed by atoms with E-state index < -0.39 is 11.3 Å². The first-order valence-electron chi connectivity index (χ1n) is 4.56. The Kier molecular flexibility index (Phi) is 7.84. The minimum absolute atomic E-state index is 0.0158. The van der Waals surface area contributed by atoms with Crippen molar-refractivity contribution in [2.24, 2.45) is 5.92 Å². The number of carboxylic acids is 1. The van der Waals surface area contributed by atoms with Gasteiger partial charge in [0.1, 0.15) is 0 Å². The van der Waals surface area contributed by atoms with Gasteiger partial charge in [0, 0.05) is 6.61 Å². The van der Waals surface area contributed by atoms with Gasteiger partial charge in [-0.25, -0.2) is 0 Å². The number of hydrogen-bond acceptors (Lipinski definition) is 3. The predicted octanol–water partition coefficient (Wildman–Crippen LogP) is 1.37. The zero-order chi connectivity index (χ0) is 11.0. The Morgan fingerprint density at radius 2 is 1.79 bits per heavy atom. The average molecular weight is 225 g/mol. The Morgan fingerprint density at radius 1 is 1.29 bits per heavy atom. The van der Waals surface area contributed by atoms with Crippen molar-refractivity contribution < 1.29 is 19.4 Å². The van der Waals surface area contributed by atoms with Crippen LogP contribution in [-0.4, -0.2) is 42.9 Å². The van der Waals surface area contributed by atoms with Crippen molar-refractivity contribution in [3.63, 3.8) is 0 Å². The molecule has 0 amide bonds. The van der Waals surface area contributed by atoms with Gasteiger partial charge in [-0.2, -0.15) is 0 Å². The lowest BCUT2D eigenvalue weighted by atomic mass is 10.2. The molecular weight excluding hydrogens is 208 g/mol. The average Bonchev–Trinajstić information content (AvgIpc) is 2.09. The first kappa shape index (κ1) is 13.7. The fourth-order valence-corrected chi connectivity index (χ4v) is 0.784. The first-order chi connectivity index (χ1) is 6.54. The molecule has 5 heteroatoms. The molecule has 0 aliphatic rings. The molecule has 0 spiro atoms. The van der Waals surface area contributed by atoms with E-state index in [-0.39, 0.29) is 6.61 Å². The van der Waals surface area contributed by atoms with Gasteiger partial charge >= 0.3 is 5.97 Å². The van der Waals surface area contributed by atoms with E-state index in [2.05, 4.69) is 13.8 Å². The van der Waals surface area contributed by atoms with Crippen LogP contribution < -0.4 is 0 Å². The van der Waals surface area contributed by atoms with Gasteiger partial charge in [0.15, 0.2) is 5.38 Å². The maximum atomic E-state index is 10.3. The van der Waals surface area contributed by atoms with Crippen LogP contribution in [0.2, 0.25) is 0 Å². The van der Waals surface area contributed by atoms with Gasteiger partial charge in [-0.15, -0.1) is 11.6 Å². The number of alkyl halides is 1. The van der Waals surface area contributed by atoms with Crippen LogP contribution in [0.1, 0.15) is 13.8 Å². The van der Waals surface area contributed by atoms with Crippen LogP contribution in [0, 0.1) is 5.92 Å². The maximum absolute atomic E-state index is 10.3. The van der Waals surface area contributed by atoms with Crippen LogP contribution in [-0.2, 0) is 14.3 Å². The highest BCUT2D eigenvalue weighted by Gasteiger charge is 2.12. The lowest BCUT2D eigenvalue weighted by molar-refractivity contribution is -0.137. The van der Waals surface area contributed by atoms with Gasteiger partial charge in [0.2, 0.25) is 0 Å². The molecule has 0 fully saturated rings. The molecule has 0 aromatic rings. The summed E-state index contributed by atoms with van der Waals surface area (Å²) in [5.74, 6) is -0.565. The lowest BCUT2D eigenvalue weighted by Gasteiger charge is -2.08. The highest BCUT2D eigenvalue weighted by Crippen LogP contribution is 1.97. The molecule has 0 radical (unpaired) electrons. The summed E-state index contributed by atoms with van der Waals surface area (Å²) in [6, 6.07) is 0. The monoisotopic (exact) mass is 224 g/mol. The summed E-state index contributed by atoms with van der Waals surface area (Å²) in [6.07, 6.45) is 0. The Hall–Kier alpha value is -0.320. The van der Waals surface area contributed by atoms with Crippen LogP contribution in [0.5, 0.6) is 0 Å². The normalized spacial score (nSPS) is 13.1. The molecule has 14 heavy (non-hydrogen) atoms. The van der Waals surface area contributed by atoms with E-state index in [1.165, 1.54) is 0 Å². The Morgan fingerprint density at radius 3 is 2.21 bits per heavy atom. The molecule has 0 bridgehead atoms. The number of rotatable bonds is 8. The molecule has 0 aliphatic carbocycles. The summed E-state index contributed by atoms with van der Waals surface area (Å²) in [5.41, 5.74) is 0.